The van der Waals surface area contributed by atoms with Crippen molar-refractivity contribution in [3.05, 3.63) is 95.3 Å². The van der Waals surface area contributed by atoms with Crippen LogP contribution < -0.4 is 4.74 Å². The highest BCUT2D eigenvalue weighted by Gasteiger charge is 2.25. The number of esters is 1. The maximum absolute atomic E-state index is 13.3. The van der Waals surface area contributed by atoms with Crippen LogP contribution in [0.3, 0.4) is 0 Å². The molecule has 6 nitrogen and oxygen atoms in total. The molecule has 0 amide bonds. The normalized spacial score (nSPS) is 11.7. The third-order valence-electron chi connectivity index (χ3n) is 5.66. The van der Waals surface area contributed by atoms with Crippen LogP contribution in [-0.4, -0.2) is 35.2 Å². The molecule has 0 aliphatic heterocycles. The van der Waals surface area contributed by atoms with E-state index in [2.05, 4.69) is 0 Å². The molecule has 0 saturated heterocycles. The van der Waals surface area contributed by atoms with Crippen LogP contribution in [0, 0.1) is 0 Å². The van der Waals surface area contributed by atoms with Gasteiger partial charge in [0.1, 0.15) is 11.5 Å². The highest BCUT2D eigenvalue weighted by molar-refractivity contribution is 6.13. The molecule has 0 bridgehead atoms. The lowest BCUT2D eigenvalue weighted by Crippen LogP contribution is -2.13. The quantitative estimate of drug-likeness (QED) is 0.120. The molecule has 0 fully saturated rings. The molecule has 0 aliphatic rings. The fourth-order valence-corrected chi connectivity index (χ4v) is 3.73. The van der Waals surface area contributed by atoms with Gasteiger partial charge in [-0.25, -0.2) is 4.79 Å². The SMILES string of the molecule is CC=C(O)C(=O)OCCCOc1cc(-c2ccccc2C(=O)c2ccccc2)c(O)c(C(C)(C)C)c1. The van der Waals surface area contributed by atoms with E-state index >= 15 is 0 Å². The molecule has 0 unspecified atom stereocenters. The summed E-state index contributed by atoms with van der Waals surface area (Å²) in [5, 5.41) is 20.6. The fourth-order valence-electron chi connectivity index (χ4n) is 3.73. The van der Waals surface area contributed by atoms with Crippen LogP contribution in [0.25, 0.3) is 11.1 Å². The summed E-state index contributed by atoms with van der Waals surface area (Å²) in [5.41, 5.74) is 2.44. The second-order valence-corrected chi connectivity index (χ2v) is 9.37. The topological polar surface area (TPSA) is 93.1 Å². The van der Waals surface area contributed by atoms with Gasteiger partial charge in [0.25, 0.3) is 0 Å². The molecule has 0 aromatic heterocycles. The fraction of sp³-hybridized carbons (Fsp3) is 0.267. The van der Waals surface area contributed by atoms with Gasteiger partial charge in [-0.15, -0.1) is 0 Å². The Kier molecular flexibility index (Phi) is 8.54. The van der Waals surface area contributed by atoms with Crippen molar-refractivity contribution in [2.75, 3.05) is 13.2 Å². The average molecular weight is 489 g/mol. The molecule has 3 aromatic rings. The third kappa shape index (κ3) is 6.33. The number of ether oxygens (including phenoxy) is 2. The Balaban J connectivity index is 1.92. The summed E-state index contributed by atoms with van der Waals surface area (Å²) in [7, 11) is 0. The lowest BCUT2D eigenvalue weighted by Gasteiger charge is -2.24. The zero-order valence-electron chi connectivity index (χ0n) is 21.1. The van der Waals surface area contributed by atoms with Gasteiger partial charge in [0.15, 0.2) is 11.5 Å². The third-order valence-corrected chi connectivity index (χ3v) is 5.66. The van der Waals surface area contributed by atoms with Crippen molar-refractivity contribution in [3.8, 4) is 22.6 Å². The number of aliphatic hydroxyl groups is 1. The highest BCUT2D eigenvalue weighted by Crippen LogP contribution is 2.43. The van der Waals surface area contributed by atoms with E-state index in [0.717, 1.165) is 0 Å². The van der Waals surface area contributed by atoms with Gasteiger partial charge in [-0.3, -0.25) is 4.79 Å². The number of ketones is 1. The Bertz CT molecular complexity index is 1250. The van der Waals surface area contributed by atoms with Gasteiger partial charge in [0.2, 0.25) is 0 Å². The Morgan fingerprint density at radius 2 is 1.58 bits per heavy atom. The molecular formula is C30H32O6. The lowest BCUT2D eigenvalue weighted by atomic mass is 9.83. The summed E-state index contributed by atoms with van der Waals surface area (Å²) in [6, 6.07) is 19.7. The predicted molar refractivity (Wildman–Crippen MR) is 140 cm³/mol. The zero-order valence-corrected chi connectivity index (χ0v) is 21.1. The van der Waals surface area contributed by atoms with Gasteiger partial charge in [-0.2, -0.15) is 0 Å². The number of benzene rings is 3. The number of hydrogen-bond donors (Lipinski definition) is 2. The van der Waals surface area contributed by atoms with Crippen LogP contribution >= 0.6 is 0 Å². The van der Waals surface area contributed by atoms with Gasteiger partial charge >= 0.3 is 5.97 Å². The first-order valence-electron chi connectivity index (χ1n) is 11.8. The lowest BCUT2D eigenvalue weighted by molar-refractivity contribution is -0.142. The second kappa shape index (κ2) is 11.6. The standard InChI is InChI=1S/C30H32O6/c1-5-26(31)29(34)36-17-11-16-35-21-18-24(28(33)25(19-21)30(2,3)4)22-14-9-10-15-23(22)27(32)20-12-7-6-8-13-20/h5-10,12-15,18-19,31,33H,11,16-17H2,1-4H3. The van der Waals surface area contributed by atoms with E-state index in [4.69, 9.17) is 9.47 Å². The number of carbonyl (C=O) groups is 2. The smallest absolute Gasteiger partial charge is 0.373 e. The van der Waals surface area contributed by atoms with Crippen molar-refractivity contribution in [3.63, 3.8) is 0 Å². The summed E-state index contributed by atoms with van der Waals surface area (Å²) in [5.74, 6) is -0.728. The van der Waals surface area contributed by atoms with E-state index in [1.165, 1.54) is 6.08 Å². The molecule has 0 saturated carbocycles. The Morgan fingerprint density at radius 1 is 0.917 bits per heavy atom. The summed E-state index contributed by atoms with van der Waals surface area (Å²) >= 11 is 0. The van der Waals surface area contributed by atoms with Crippen molar-refractivity contribution < 1.29 is 29.3 Å². The average Bonchev–Trinajstić information content (AvgIpc) is 2.88. The highest BCUT2D eigenvalue weighted by atomic mass is 16.5. The molecule has 6 heteroatoms. The number of rotatable bonds is 9. The van der Waals surface area contributed by atoms with Crippen LogP contribution in [0.15, 0.2) is 78.6 Å². The summed E-state index contributed by atoms with van der Waals surface area (Å²) in [4.78, 5) is 24.9. The molecule has 3 rings (SSSR count). The molecule has 0 atom stereocenters. The number of carbonyl (C=O) groups excluding carboxylic acids is 2. The van der Waals surface area contributed by atoms with Crippen molar-refractivity contribution in [2.45, 2.75) is 39.5 Å². The van der Waals surface area contributed by atoms with E-state index < -0.39 is 17.1 Å². The predicted octanol–water partition coefficient (Wildman–Crippen LogP) is 6.36. The molecule has 2 N–H and O–H groups in total. The second-order valence-electron chi connectivity index (χ2n) is 9.37. The van der Waals surface area contributed by atoms with E-state index in [1.54, 1.807) is 43.3 Å². The number of aliphatic hydroxyl groups excluding tert-OH is 1. The molecule has 3 aromatic carbocycles. The first kappa shape index (κ1) is 26.5. The minimum absolute atomic E-state index is 0.0855. The monoisotopic (exact) mass is 488 g/mol. The molecule has 36 heavy (non-hydrogen) atoms. The summed E-state index contributed by atoms with van der Waals surface area (Å²) < 4.78 is 10.9. The summed E-state index contributed by atoms with van der Waals surface area (Å²) in [6.45, 7) is 7.85. The van der Waals surface area contributed by atoms with Crippen molar-refractivity contribution in [2.24, 2.45) is 0 Å². The number of phenolic OH excluding ortho intramolecular Hbond substituents is 1. The van der Waals surface area contributed by atoms with Gasteiger partial charge in [0, 0.05) is 28.7 Å². The van der Waals surface area contributed by atoms with Crippen molar-refractivity contribution in [1.29, 1.82) is 0 Å². The van der Waals surface area contributed by atoms with Gasteiger partial charge in [0.05, 0.1) is 13.2 Å². The van der Waals surface area contributed by atoms with Crippen LogP contribution in [-0.2, 0) is 14.9 Å². The maximum Gasteiger partial charge on any atom is 0.373 e. The van der Waals surface area contributed by atoms with Crippen LogP contribution in [0.2, 0.25) is 0 Å². The number of phenols is 1. The van der Waals surface area contributed by atoms with Gasteiger partial charge < -0.3 is 19.7 Å². The first-order valence-corrected chi connectivity index (χ1v) is 11.8. The first-order chi connectivity index (χ1) is 17.1. The van der Waals surface area contributed by atoms with E-state index in [9.17, 15) is 19.8 Å². The number of aromatic hydroxyl groups is 1. The zero-order chi connectivity index (χ0) is 26.3. The van der Waals surface area contributed by atoms with Crippen LogP contribution in [0.4, 0.5) is 0 Å². The van der Waals surface area contributed by atoms with Crippen LogP contribution in [0.1, 0.15) is 55.6 Å². The molecule has 0 radical (unpaired) electrons. The van der Waals surface area contributed by atoms with E-state index in [0.29, 0.717) is 40.0 Å². The Morgan fingerprint density at radius 3 is 2.25 bits per heavy atom. The van der Waals surface area contributed by atoms with E-state index in [-0.39, 0.29) is 24.7 Å². The Labute approximate surface area is 211 Å². The molecular weight excluding hydrogens is 456 g/mol. The molecule has 0 heterocycles. The van der Waals surface area contributed by atoms with E-state index in [1.807, 2.05) is 51.1 Å². The minimum atomic E-state index is -0.779. The Hall–Kier alpha value is -4.06. The largest absolute Gasteiger partial charge is 0.507 e. The van der Waals surface area contributed by atoms with Crippen molar-refractivity contribution in [1.82, 2.24) is 0 Å². The maximum atomic E-state index is 13.3. The van der Waals surface area contributed by atoms with Gasteiger partial charge in [-0.1, -0.05) is 75.4 Å². The summed E-state index contributed by atoms with van der Waals surface area (Å²) in [6.07, 6.45) is 1.68. The van der Waals surface area contributed by atoms with Gasteiger partial charge in [-0.05, 0) is 36.1 Å². The number of allylic oxidation sites excluding steroid dienone is 1. The van der Waals surface area contributed by atoms with Crippen molar-refractivity contribution >= 4 is 11.8 Å². The minimum Gasteiger partial charge on any atom is -0.507 e. The van der Waals surface area contributed by atoms with Crippen LogP contribution in [0.5, 0.6) is 11.5 Å². The molecule has 188 valence electrons. The molecule has 0 spiro atoms. The number of hydrogen-bond acceptors (Lipinski definition) is 6. The molecule has 0 aliphatic carbocycles.